The predicted molar refractivity (Wildman–Crippen MR) is 76.3 cm³/mol. The van der Waals surface area contributed by atoms with Gasteiger partial charge in [0.15, 0.2) is 0 Å². The first kappa shape index (κ1) is 15.4. The number of nitrogens with zero attached hydrogens (tertiary/aromatic N) is 2. The lowest BCUT2D eigenvalue weighted by molar-refractivity contribution is 0.0792. The SMILES string of the molecule is CCNc1cc(C(=O)N(C)CCCCCO)ccn1. The number of pyridine rings is 1. The Morgan fingerprint density at radius 1 is 1.42 bits per heavy atom. The van der Waals surface area contributed by atoms with E-state index < -0.39 is 0 Å². The fourth-order valence-corrected chi connectivity index (χ4v) is 1.80. The minimum absolute atomic E-state index is 0.00514. The average molecular weight is 265 g/mol. The second-order valence-corrected chi connectivity index (χ2v) is 4.47. The van der Waals surface area contributed by atoms with Gasteiger partial charge < -0.3 is 15.3 Å². The third-order valence-electron chi connectivity index (χ3n) is 2.86. The molecule has 2 N–H and O–H groups in total. The molecule has 0 atom stereocenters. The Kier molecular flexibility index (Phi) is 6.89. The maximum atomic E-state index is 12.2. The highest BCUT2D eigenvalue weighted by atomic mass is 16.2. The van der Waals surface area contributed by atoms with Crippen LogP contribution in [-0.2, 0) is 0 Å². The Labute approximate surface area is 114 Å². The minimum Gasteiger partial charge on any atom is -0.396 e. The fraction of sp³-hybridized carbons (Fsp3) is 0.571. The summed E-state index contributed by atoms with van der Waals surface area (Å²) in [6, 6.07) is 3.50. The molecule has 1 amide bonds. The van der Waals surface area contributed by atoms with Crippen LogP contribution in [-0.4, -0.2) is 47.6 Å². The standard InChI is InChI=1S/C14H23N3O2/c1-3-15-13-11-12(7-8-16-13)14(19)17(2)9-5-4-6-10-18/h7-8,11,18H,3-6,9-10H2,1-2H3,(H,15,16). The summed E-state index contributed by atoms with van der Waals surface area (Å²) in [6.07, 6.45) is 4.29. The van der Waals surface area contributed by atoms with Crippen LogP contribution in [0.25, 0.3) is 0 Å². The number of nitrogens with one attached hydrogen (secondary N) is 1. The molecule has 0 aliphatic carbocycles. The molecule has 1 heterocycles. The van der Waals surface area contributed by atoms with Crippen LogP contribution in [0.4, 0.5) is 5.82 Å². The summed E-state index contributed by atoms with van der Waals surface area (Å²) in [5, 5.41) is 11.8. The first-order valence-electron chi connectivity index (χ1n) is 6.75. The number of carbonyl (C=O) groups is 1. The van der Waals surface area contributed by atoms with Crippen molar-refractivity contribution in [1.29, 1.82) is 0 Å². The first-order valence-corrected chi connectivity index (χ1v) is 6.75. The smallest absolute Gasteiger partial charge is 0.253 e. The third-order valence-corrected chi connectivity index (χ3v) is 2.86. The van der Waals surface area contributed by atoms with Gasteiger partial charge in [0.2, 0.25) is 0 Å². The normalized spacial score (nSPS) is 10.3. The number of unbranched alkanes of at least 4 members (excludes halogenated alkanes) is 2. The Bertz CT molecular complexity index is 396. The lowest BCUT2D eigenvalue weighted by atomic mass is 10.2. The lowest BCUT2D eigenvalue weighted by Gasteiger charge is -2.17. The van der Waals surface area contributed by atoms with Crippen LogP contribution in [0.2, 0.25) is 0 Å². The van der Waals surface area contributed by atoms with Gasteiger partial charge in [0.1, 0.15) is 5.82 Å². The molecule has 106 valence electrons. The van der Waals surface area contributed by atoms with Crippen LogP contribution in [0.15, 0.2) is 18.3 Å². The number of carbonyl (C=O) groups excluding carboxylic acids is 1. The summed E-state index contributed by atoms with van der Waals surface area (Å²) in [5.74, 6) is 0.729. The molecule has 0 saturated heterocycles. The van der Waals surface area contributed by atoms with E-state index in [9.17, 15) is 4.79 Å². The molecule has 1 rings (SSSR count). The molecule has 0 aromatic carbocycles. The number of aliphatic hydroxyl groups is 1. The van der Waals surface area contributed by atoms with E-state index in [1.165, 1.54) is 0 Å². The van der Waals surface area contributed by atoms with Crippen molar-refractivity contribution in [3.8, 4) is 0 Å². The summed E-state index contributed by atoms with van der Waals surface area (Å²) in [6.45, 7) is 3.69. The van der Waals surface area contributed by atoms with E-state index in [0.29, 0.717) is 12.1 Å². The number of rotatable bonds is 8. The van der Waals surface area contributed by atoms with Gasteiger partial charge in [0.25, 0.3) is 5.91 Å². The van der Waals surface area contributed by atoms with Gasteiger partial charge in [0.05, 0.1) is 0 Å². The minimum atomic E-state index is 0.00514. The van der Waals surface area contributed by atoms with Crippen molar-refractivity contribution in [2.45, 2.75) is 26.2 Å². The Balaban J connectivity index is 2.53. The number of aliphatic hydroxyl groups excluding tert-OH is 1. The molecule has 0 unspecified atom stereocenters. The number of hydrogen-bond acceptors (Lipinski definition) is 4. The van der Waals surface area contributed by atoms with Crippen LogP contribution in [0.3, 0.4) is 0 Å². The van der Waals surface area contributed by atoms with Crippen molar-refractivity contribution in [2.24, 2.45) is 0 Å². The van der Waals surface area contributed by atoms with Crippen LogP contribution in [0.5, 0.6) is 0 Å². The molecule has 0 radical (unpaired) electrons. The zero-order chi connectivity index (χ0) is 14.1. The number of hydrogen-bond donors (Lipinski definition) is 2. The quantitative estimate of drug-likeness (QED) is 0.703. The largest absolute Gasteiger partial charge is 0.396 e. The number of aromatic nitrogens is 1. The molecule has 5 heteroatoms. The van der Waals surface area contributed by atoms with Crippen molar-refractivity contribution < 1.29 is 9.90 Å². The molecular weight excluding hydrogens is 242 g/mol. The average Bonchev–Trinajstić information content (AvgIpc) is 2.43. The molecule has 0 fully saturated rings. The van der Waals surface area contributed by atoms with Crippen LogP contribution >= 0.6 is 0 Å². The van der Waals surface area contributed by atoms with Gasteiger partial charge in [-0.05, 0) is 38.3 Å². The zero-order valence-electron chi connectivity index (χ0n) is 11.7. The van der Waals surface area contributed by atoms with Crippen molar-refractivity contribution in [2.75, 3.05) is 32.1 Å². The van der Waals surface area contributed by atoms with E-state index in [1.807, 2.05) is 6.92 Å². The highest BCUT2D eigenvalue weighted by Gasteiger charge is 2.11. The predicted octanol–water partition coefficient (Wildman–Crippen LogP) is 1.75. The van der Waals surface area contributed by atoms with E-state index in [2.05, 4.69) is 10.3 Å². The Hall–Kier alpha value is -1.62. The van der Waals surface area contributed by atoms with Crippen LogP contribution in [0.1, 0.15) is 36.5 Å². The van der Waals surface area contributed by atoms with E-state index in [4.69, 9.17) is 5.11 Å². The molecule has 0 aliphatic rings. The Morgan fingerprint density at radius 2 is 2.21 bits per heavy atom. The Morgan fingerprint density at radius 3 is 2.89 bits per heavy atom. The van der Waals surface area contributed by atoms with E-state index >= 15 is 0 Å². The summed E-state index contributed by atoms with van der Waals surface area (Å²) in [4.78, 5) is 18.0. The second kappa shape index (κ2) is 8.48. The summed E-state index contributed by atoms with van der Waals surface area (Å²) in [7, 11) is 1.80. The molecule has 0 aliphatic heterocycles. The highest BCUT2D eigenvalue weighted by Crippen LogP contribution is 2.09. The topological polar surface area (TPSA) is 65.5 Å². The van der Waals surface area contributed by atoms with Gasteiger partial charge in [-0.2, -0.15) is 0 Å². The van der Waals surface area contributed by atoms with E-state index in [-0.39, 0.29) is 12.5 Å². The van der Waals surface area contributed by atoms with Gasteiger partial charge in [-0.25, -0.2) is 4.98 Å². The maximum absolute atomic E-state index is 12.2. The molecular formula is C14H23N3O2. The van der Waals surface area contributed by atoms with E-state index in [0.717, 1.165) is 31.6 Å². The van der Waals surface area contributed by atoms with Gasteiger partial charge in [-0.3, -0.25) is 4.79 Å². The summed E-state index contributed by atoms with van der Waals surface area (Å²) < 4.78 is 0. The highest BCUT2D eigenvalue weighted by molar-refractivity contribution is 5.94. The fourth-order valence-electron chi connectivity index (χ4n) is 1.80. The van der Waals surface area contributed by atoms with Crippen LogP contribution in [0, 0.1) is 0 Å². The summed E-state index contributed by atoms with van der Waals surface area (Å²) >= 11 is 0. The van der Waals surface area contributed by atoms with Crippen LogP contribution < -0.4 is 5.32 Å². The molecule has 0 bridgehead atoms. The molecule has 1 aromatic heterocycles. The maximum Gasteiger partial charge on any atom is 0.253 e. The second-order valence-electron chi connectivity index (χ2n) is 4.47. The molecule has 1 aromatic rings. The third kappa shape index (κ3) is 5.26. The van der Waals surface area contributed by atoms with Crippen molar-refractivity contribution in [3.63, 3.8) is 0 Å². The van der Waals surface area contributed by atoms with Gasteiger partial charge >= 0.3 is 0 Å². The molecule has 5 nitrogen and oxygen atoms in total. The lowest BCUT2D eigenvalue weighted by Crippen LogP contribution is -2.27. The summed E-state index contributed by atoms with van der Waals surface area (Å²) in [5.41, 5.74) is 0.649. The number of anilines is 1. The molecule has 0 spiro atoms. The monoisotopic (exact) mass is 265 g/mol. The molecule has 19 heavy (non-hydrogen) atoms. The van der Waals surface area contributed by atoms with E-state index in [1.54, 1.807) is 30.3 Å². The van der Waals surface area contributed by atoms with Gasteiger partial charge in [-0.1, -0.05) is 0 Å². The van der Waals surface area contributed by atoms with Crippen molar-refractivity contribution in [1.82, 2.24) is 9.88 Å². The van der Waals surface area contributed by atoms with Gasteiger partial charge in [-0.15, -0.1) is 0 Å². The van der Waals surface area contributed by atoms with Gasteiger partial charge in [0, 0.05) is 38.5 Å². The molecule has 0 saturated carbocycles. The zero-order valence-corrected chi connectivity index (χ0v) is 11.7. The number of amides is 1. The van der Waals surface area contributed by atoms with Crippen molar-refractivity contribution >= 4 is 11.7 Å². The van der Waals surface area contributed by atoms with Crippen molar-refractivity contribution in [3.05, 3.63) is 23.9 Å². The first-order chi connectivity index (χ1) is 9.19.